The van der Waals surface area contributed by atoms with Crippen LogP contribution in [0.15, 0.2) is 78.2 Å². The summed E-state index contributed by atoms with van der Waals surface area (Å²) in [6.07, 6.45) is 5.14. The minimum Gasteiger partial charge on any atom is -0.478 e. The number of benzene rings is 1. The Balaban J connectivity index is 1.52. The Morgan fingerprint density at radius 3 is 2.47 bits per heavy atom. The van der Waals surface area contributed by atoms with Crippen molar-refractivity contribution < 1.29 is 18.3 Å². The Morgan fingerprint density at radius 1 is 1.06 bits per heavy atom. The number of carboxylic acids is 1. The van der Waals surface area contributed by atoms with Crippen LogP contribution >= 0.6 is 0 Å². The van der Waals surface area contributed by atoms with Gasteiger partial charge in [-0.1, -0.05) is 31.2 Å². The molecule has 0 atom stereocenters. The number of rotatable bonds is 7. The van der Waals surface area contributed by atoms with Gasteiger partial charge in [0.05, 0.1) is 34.2 Å². The summed E-state index contributed by atoms with van der Waals surface area (Å²) < 4.78 is 27.7. The number of carbonyl (C=O) groups is 1. The summed E-state index contributed by atoms with van der Waals surface area (Å²) in [5, 5.41) is 17.3. The van der Waals surface area contributed by atoms with E-state index < -0.39 is 16.0 Å². The first kappa shape index (κ1) is 23.1. The number of nitrogens with one attached hydrogen (secondary N) is 2. The number of nitrogens with zero attached hydrogens (tertiary/aromatic N) is 4. The van der Waals surface area contributed by atoms with Gasteiger partial charge >= 0.3 is 5.97 Å². The second kappa shape index (κ2) is 9.19. The van der Waals surface area contributed by atoms with Crippen molar-refractivity contribution in [2.24, 2.45) is 0 Å². The van der Waals surface area contributed by atoms with Crippen molar-refractivity contribution in [1.29, 1.82) is 0 Å². The van der Waals surface area contributed by atoms with Gasteiger partial charge in [0.1, 0.15) is 0 Å². The molecule has 0 aliphatic rings. The zero-order chi connectivity index (χ0) is 25.3. The lowest BCUT2D eigenvalue weighted by Gasteiger charge is -2.08. The van der Waals surface area contributed by atoms with Gasteiger partial charge in [0.2, 0.25) is 0 Å². The van der Waals surface area contributed by atoms with Gasteiger partial charge in [-0.05, 0) is 42.3 Å². The molecule has 0 spiro atoms. The summed E-state index contributed by atoms with van der Waals surface area (Å²) in [6.45, 7) is 2.06. The van der Waals surface area contributed by atoms with E-state index in [-0.39, 0.29) is 16.2 Å². The van der Waals surface area contributed by atoms with E-state index in [0.717, 1.165) is 17.5 Å². The fourth-order valence-corrected chi connectivity index (χ4v) is 4.75. The summed E-state index contributed by atoms with van der Waals surface area (Å²) >= 11 is 0. The number of pyridine rings is 3. The Bertz CT molecular complexity index is 1670. The standard InChI is InChI=1S/C25H20N6O4S/c1-2-15-5-7-16(8-6-15)23-22-19(25(32)33)12-20(28-24(22)30-29-23)17-9-10-21(27-13-17)36(34,35)31-18-4-3-11-26-14-18/h3-14,31H,2H2,1H3,(H,32,33)(H,28,29,30). The first-order valence-electron chi connectivity index (χ1n) is 11.0. The predicted molar refractivity (Wildman–Crippen MR) is 134 cm³/mol. The van der Waals surface area contributed by atoms with Crippen molar-refractivity contribution in [3.63, 3.8) is 0 Å². The van der Waals surface area contributed by atoms with Gasteiger partial charge in [-0.15, -0.1) is 0 Å². The smallest absolute Gasteiger partial charge is 0.336 e. The number of fused-ring (bicyclic) bond motifs is 1. The average molecular weight is 501 g/mol. The highest BCUT2D eigenvalue weighted by Crippen LogP contribution is 2.31. The highest BCUT2D eigenvalue weighted by atomic mass is 32.2. The van der Waals surface area contributed by atoms with Crippen molar-refractivity contribution in [2.45, 2.75) is 18.4 Å². The summed E-state index contributed by atoms with van der Waals surface area (Å²) in [4.78, 5) is 24.6. The van der Waals surface area contributed by atoms with Crippen LogP contribution in [0.3, 0.4) is 0 Å². The molecule has 5 aromatic rings. The first-order valence-corrected chi connectivity index (χ1v) is 12.4. The number of H-pyrrole nitrogens is 1. The van der Waals surface area contributed by atoms with E-state index in [1.165, 1.54) is 36.8 Å². The summed E-state index contributed by atoms with van der Waals surface area (Å²) in [5.41, 5.74) is 3.82. The lowest BCUT2D eigenvalue weighted by atomic mass is 10.0. The second-order valence-corrected chi connectivity index (χ2v) is 9.57. The highest BCUT2D eigenvalue weighted by Gasteiger charge is 2.21. The largest absolute Gasteiger partial charge is 0.478 e. The minimum absolute atomic E-state index is 0.0215. The van der Waals surface area contributed by atoms with Crippen molar-refractivity contribution in [1.82, 2.24) is 25.1 Å². The molecule has 0 saturated heterocycles. The summed E-state index contributed by atoms with van der Waals surface area (Å²) in [6, 6.07) is 15.2. The number of aromatic carboxylic acids is 1. The quantitative estimate of drug-likeness (QED) is 0.302. The third kappa shape index (κ3) is 4.39. The van der Waals surface area contributed by atoms with E-state index in [2.05, 4.69) is 36.8 Å². The number of aryl methyl sites for hydroxylation is 1. The van der Waals surface area contributed by atoms with E-state index in [9.17, 15) is 18.3 Å². The van der Waals surface area contributed by atoms with E-state index in [4.69, 9.17) is 0 Å². The molecule has 0 aliphatic carbocycles. The molecule has 5 rings (SSSR count). The molecule has 0 saturated carbocycles. The monoisotopic (exact) mass is 500 g/mol. The lowest BCUT2D eigenvalue weighted by Crippen LogP contribution is -2.14. The van der Waals surface area contributed by atoms with Crippen LogP contribution in [0.2, 0.25) is 0 Å². The number of aromatic nitrogens is 5. The number of anilines is 1. The van der Waals surface area contributed by atoms with Gasteiger partial charge in [0.15, 0.2) is 10.7 Å². The molecule has 4 heterocycles. The fraction of sp³-hybridized carbons (Fsp3) is 0.0800. The molecule has 4 aromatic heterocycles. The van der Waals surface area contributed by atoms with Crippen LogP contribution < -0.4 is 4.72 Å². The van der Waals surface area contributed by atoms with Crippen molar-refractivity contribution in [3.05, 3.63) is 84.3 Å². The molecule has 3 N–H and O–H groups in total. The Kier molecular flexibility index (Phi) is 5.90. The number of sulfonamides is 1. The predicted octanol–water partition coefficient (Wildman–Crippen LogP) is 4.14. The number of aromatic amines is 1. The van der Waals surface area contributed by atoms with Crippen LogP contribution in [0, 0.1) is 0 Å². The Morgan fingerprint density at radius 2 is 1.83 bits per heavy atom. The SMILES string of the molecule is CCc1ccc(-c2[nH]nc3nc(-c4ccc(S(=O)(=O)Nc5cccnc5)nc4)cc(C(=O)O)c23)cc1. The van der Waals surface area contributed by atoms with Crippen LogP contribution in [0.1, 0.15) is 22.8 Å². The van der Waals surface area contributed by atoms with Crippen LogP contribution in [0.5, 0.6) is 0 Å². The first-order chi connectivity index (χ1) is 17.4. The second-order valence-electron chi connectivity index (χ2n) is 7.94. The van der Waals surface area contributed by atoms with E-state index >= 15 is 0 Å². The fourth-order valence-electron chi connectivity index (χ4n) is 3.78. The maximum atomic E-state index is 12.6. The van der Waals surface area contributed by atoms with Crippen LogP contribution in [-0.2, 0) is 16.4 Å². The molecule has 0 unspecified atom stereocenters. The molecule has 11 heteroatoms. The van der Waals surface area contributed by atoms with Crippen LogP contribution in [0.4, 0.5) is 5.69 Å². The molecule has 0 amide bonds. The van der Waals surface area contributed by atoms with Crippen molar-refractivity contribution in [3.8, 4) is 22.5 Å². The molecule has 0 fully saturated rings. The van der Waals surface area contributed by atoms with Gasteiger partial charge < -0.3 is 5.11 Å². The molecule has 1 aromatic carbocycles. The average Bonchev–Trinajstić information content (AvgIpc) is 3.32. The minimum atomic E-state index is -3.93. The highest BCUT2D eigenvalue weighted by molar-refractivity contribution is 7.92. The molecule has 0 bridgehead atoms. The van der Waals surface area contributed by atoms with E-state index in [1.807, 2.05) is 24.3 Å². The maximum Gasteiger partial charge on any atom is 0.336 e. The Labute approximate surface area is 206 Å². The maximum absolute atomic E-state index is 12.6. The van der Waals surface area contributed by atoms with Gasteiger partial charge in [0, 0.05) is 23.5 Å². The molecular formula is C25H20N6O4S. The van der Waals surface area contributed by atoms with Crippen molar-refractivity contribution >= 4 is 32.7 Å². The summed E-state index contributed by atoms with van der Waals surface area (Å²) in [5.74, 6) is -1.13. The zero-order valence-electron chi connectivity index (χ0n) is 19.0. The van der Waals surface area contributed by atoms with Gasteiger partial charge in [-0.3, -0.25) is 14.8 Å². The van der Waals surface area contributed by atoms with Crippen molar-refractivity contribution in [2.75, 3.05) is 4.72 Å². The molecular weight excluding hydrogens is 480 g/mol. The summed E-state index contributed by atoms with van der Waals surface area (Å²) in [7, 11) is -3.93. The molecule has 0 aliphatic heterocycles. The van der Waals surface area contributed by atoms with Gasteiger partial charge in [0.25, 0.3) is 10.0 Å². The Hall–Kier alpha value is -4.64. The zero-order valence-corrected chi connectivity index (χ0v) is 19.8. The normalized spacial score (nSPS) is 11.5. The number of hydrogen-bond donors (Lipinski definition) is 3. The molecule has 0 radical (unpaired) electrons. The van der Waals surface area contributed by atoms with Crippen LogP contribution in [0.25, 0.3) is 33.5 Å². The van der Waals surface area contributed by atoms with E-state index in [0.29, 0.717) is 28.0 Å². The third-order valence-electron chi connectivity index (χ3n) is 5.63. The van der Waals surface area contributed by atoms with E-state index in [1.54, 1.807) is 12.1 Å². The number of hydrogen-bond acceptors (Lipinski definition) is 7. The number of carboxylic acid groups (broad SMARTS) is 1. The molecule has 180 valence electrons. The molecule has 10 nitrogen and oxygen atoms in total. The molecule has 36 heavy (non-hydrogen) atoms. The topological polar surface area (TPSA) is 151 Å². The van der Waals surface area contributed by atoms with Crippen LogP contribution in [-0.4, -0.2) is 44.6 Å². The lowest BCUT2D eigenvalue weighted by molar-refractivity contribution is 0.0699. The van der Waals surface area contributed by atoms with Gasteiger partial charge in [-0.25, -0.2) is 14.8 Å². The third-order valence-corrected chi connectivity index (χ3v) is 6.92. The van der Waals surface area contributed by atoms with Gasteiger partial charge in [-0.2, -0.15) is 13.5 Å².